The largest absolute Gasteiger partial charge is 0.481 e. The zero-order valence-electron chi connectivity index (χ0n) is 22.2. The van der Waals surface area contributed by atoms with Gasteiger partial charge >= 0.3 is 5.97 Å². The van der Waals surface area contributed by atoms with Crippen LogP contribution in [0.15, 0.2) is 61.2 Å². The van der Waals surface area contributed by atoms with Gasteiger partial charge < -0.3 is 29.9 Å². The summed E-state index contributed by atoms with van der Waals surface area (Å²) in [7, 11) is 2.04. The summed E-state index contributed by atoms with van der Waals surface area (Å²) in [5.74, 6) is -0.837. The third kappa shape index (κ3) is 9.68. The van der Waals surface area contributed by atoms with Gasteiger partial charge in [0.1, 0.15) is 0 Å². The lowest BCUT2D eigenvalue weighted by Crippen LogP contribution is -2.37. The summed E-state index contributed by atoms with van der Waals surface area (Å²) in [6.45, 7) is 5.32. The first kappa shape index (κ1) is 29.5. The van der Waals surface area contributed by atoms with Crippen LogP contribution >= 0.6 is 0 Å². The highest BCUT2D eigenvalue weighted by atomic mass is 16.7. The number of rotatable bonds is 15. The van der Waals surface area contributed by atoms with Crippen LogP contribution in [-0.2, 0) is 25.7 Å². The number of nitrogens with zero attached hydrogens (tertiary/aromatic N) is 1. The van der Waals surface area contributed by atoms with Crippen LogP contribution in [-0.4, -0.2) is 53.2 Å². The Morgan fingerprint density at radius 2 is 1.66 bits per heavy atom. The Kier molecular flexibility index (Phi) is 12.0. The summed E-state index contributed by atoms with van der Waals surface area (Å²) < 4.78 is 12.7. The molecule has 0 radical (unpaired) electrons. The topological polar surface area (TPSA) is 108 Å². The molecular weight excluding hydrogens is 484 g/mol. The number of likely N-dealkylation sites (N-methyl/N-ethyl adjacent to an activating group) is 1. The molecule has 3 atom stereocenters. The van der Waals surface area contributed by atoms with Crippen molar-refractivity contribution in [1.29, 1.82) is 0 Å². The van der Waals surface area contributed by atoms with E-state index in [0.29, 0.717) is 24.9 Å². The van der Waals surface area contributed by atoms with E-state index in [-0.39, 0.29) is 31.1 Å². The molecule has 0 aliphatic carbocycles. The van der Waals surface area contributed by atoms with Crippen LogP contribution in [0.3, 0.4) is 0 Å². The second-order valence-electron chi connectivity index (χ2n) is 9.84. The lowest BCUT2D eigenvalue weighted by molar-refractivity contribution is -0.252. The predicted octanol–water partition coefficient (Wildman–Crippen LogP) is 5.21. The van der Waals surface area contributed by atoms with Crippen LogP contribution in [0.5, 0.6) is 0 Å². The molecule has 1 fully saturated rings. The summed E-state index contributed by atoms with van der Waals surface area (Å²) in [4.78, 5) is 25.0. The van der Waals surface area contributed by atoms with E-state index in [0.717, 1.165) is 49.0 Å². The fraction of sp³-hybridized carbons (Fsp3) is 0.467. The van der Waals surface area contributed by atoms with Gasteiger partial charge in [-0.05, 0) is 43.1 Å². The van der Waals surface area contributed by atoms with E-state index in [1.54, 1.807) is 0 Å². The SMILES string of the molecule is C=CCN(C)CC1CC(c2ccc(CO)cc2)OC(c2ccc(NC(=O)CCCCCCC(=O)O)cc2)O1. The van der Waals surface area contributed by atoms with Crippen molar-refractivity contribution in [3.05, 3.63) is 77.9 Å². The van der Waals surface area contributed by atoms with Gasteiger partial charge in [0.2, 0.25) is 5.91 Å². The van der Waals surface area contributed by atoms with Gasteiger partial charge in [-0.3, -0.25) is 9.59 Å². The molecule has 38 heavy (non-hydrogen) atoms. The lowest BCUT2D eigenvalue weighted by Gasteiger charge is -2.37. The van der Waals surface area contributed by atoms with Crippen molar-refractivity contribution in [1.82, 2.24) is 4.90 Å². The Morgan fingerprint density at radius 1 is 1.00 bits per heavy atom. The fourth-order valence-corrected chi connectivity index (χ4v) is 4.54. The highest BCUT2D eigenvalue weighted by Crippen LogP contribution is 2.38. The minimum atomic E-state index is -0.780. The molecule has 0 bridgehead atoms. The number of ether oxygens (including phenoxy) is 2. The first-order chi connectivity index (χ1) is 18.4. The smallest absolute Gasteiger partial charge is 0.303 e. The average molecular weight is 525 g/mol. The minimum absolute atomic E-state index is 0.00218. The van der Waals surface area contributed by atoms with E-state index in [4.69, 9.17) is 14.6 Å². The number of benzene rings is 2. The van der Waals surface area contributed by atoms with Gasteiger partial charge in [-0.25, -0.2) is 0 Å². The van der Waals surface area contributed by atoms with Crippen molar-refractivity contribution >= 4 is 17.6 Å². The highest BCUT2D eigenvalue weighted by Gasteiger charge is 2.32. The molecule has 1 aliphatic rings. The Bertz CT molecular complexity index is 1020. The first-order valence-corrected chi connectivity index (χ1v) is 13.3. The normalized spacial score (nSPS) is 19.3. The van der Waals surface area contributed by atoms with Crippen molar-refractivity contribution in [2.75, 3.05) is 25.5 Å². The molecule has 3 unspecified atom stereocenters. The van der Waals surface area contributed by atoms with E-state index in [1.807, 2.05) is 61.7 Å². The number of anilines is 1. The Balaban J connectivity index is 1.59. The van der Waals surface area contributed by atoms with Crippen molar-refractivity contribution < 1.29 is 29.3 Å². The molecule has 1 saturated heterocycles. The molecule has 0 saturated carbocycles. The predicted molar refractivity (Wildman–Crippen MR) is 147 cm³/mol. The van der Waals surface area contributed by atoms with Crippen LogP contribution in [0.4, 0.5) is 5.69 Å². The average Bonchev–Trinajstić information content (AvgIpc) is 2.91. The summed E-state index contributed by atoms with van der Waals surface area (Å²) in [5, 5.41) is 21.0. The first-order valence-electron chi connectivity index (χ1n) is 13.3. The van der Waals surface area contributed by atoms with Gasteiger partial charge in [0.15, 0.2) is 6.29 Å². The summed E-state index contributed by atoms with van der Waals surface area (Å²) in [6, 6.07) is 15.3. The van der Waals surface area contributed by atoms with E-state index in [1.165, 1.54) is 0 Å². The van der Waals surface area contributed by atoms with E-state index < -0.39 is 12.3 Å². The second kappa shape index (κ2) is 15.4. The number of carbonyl (C=O) groups excluding carboxylic acids is 1. The molecule has 1 heterocycles. The van der Waals surface area contributed by atoms with Crippen LogP contribution in [0.2, 0.25) is 0 Å². The number of carboxylic acids is 1. The molecule has 8 nitrogen and oxygen atoms in total. The zero-order valence-corrected chi connectivity index (χ0v) is 22.2. The van der Waals surface area contributed by atoms with Crippen LogP contribution in [0, 0.1) is 0 Å². The molecular formula is C30H40N2O6. The van der Waals surface area contributed by atoms with E-state index in [9.17, 15) is 14.7 Å². The number of hydrogen-bond donors (Lipinski definition) is 3. The van der Waals surface area contributed by atoms with Crippen molar-refractivity contribution in [2.24, 2.45) is 0 Å². The summed E-state index contributed by atoms with van der Waals surface area (Å²) >= 11 is 0. The molecule has 0 aromatic heterocycles. The number of hydrogen-bond acceptors (Lipinski definition) is 6. The second-order valence-corrected chi connectivity index (χ2v) is 9.84. The van der Waals surface area contributed by atoms with E-state index >= 15 is 0 Å². The molecule has 1 aliphatic heterocycles. The maximum absolute atomic E-state index is 12.3. The summed E-state index contributed by atoms with van der Waals surface area (Å²) in [6.07, 6.45) is 5.43. The molecule has 3 rings (SSSR count). The third-order valence-electron chi connectivity index (χ3n) is 6.58. The van der Waals surface area contributed by atoms with Gasteiger partial charge in [-0.15, -0.1) is 6.58 Å². The van der Waals surface area contributed by atoms with Crippen molar-refractivity contribution in [3.8, 4) is 0 Å². The number of amides is 1. The molecule has 8 heteroatoms. The highest BCUT2D eigenvalue weighted by molar-refractivity contribution is 5.90. The maximum atomic E-state index is 12.3. The third-order valence-corrected chi connectivity index (χ3v) is 6.58. The Labute approximate surface area is 225 Å². The van der Waals surface area contributed by atoms with Crippen LogP contribution in [0.25, 0.3) is 0 Å². The van der Waals surface area contributed by atoms with E-state index in [2.05, 4.69) is 16.8 Å². The number of nitrogens with one attached hydrogen (secondary N) is 1. The van der Waals surface area contributed by atoms with Gasteiger partial charge in [-0.1, -0.05) is 55.3 Å². The maximum Gasteiger partial charge on any atom is 0.303 e. The molecule has 1 amide bonds. The van der Waals surface area contributed by atoms with Gasteiger partial charge in [0.25, 0.3) is 0 Å². The van der Waals surface area contributed by atoms with Crippen molar-refractivity contribution in [2.45, 2.75) is 70.1 Å². The number of carboxylic acid groups (broad SMARTS) is 1. The number of aliphatic hydroxyl groups excluding tert-OH is 1. The standard InChI is InChI=1S/C30H40N2O6/c1-3-18-32(2)20-26-19-27(23-12-10-22(21-33)11-13-23)38-30(37-26)24-14-16-25(17-15-24)31-28(34)8-6-4-5-7-9-29(35)36/h3,10-17,26-27,30,33H,1,4-9,18-21H2,2H3,(H,31,34)(H,35,36). The summed E-state index contributed by atoms with van der Waals surface area (Å²) in [5.41, 5.74) is 3.47. The van der Waals surface area contributed by atoms with Gasteiger partial charge in [-0.2, -0.15) is 0 Å². The number of aliphatic carboxylic acids is 1. The molecule has 206 valence electrons. The number of carbonyl (C=O) groups is 2. The minimum Gasteiger partial charge on any atom is -0.481 e. The zero-order chi connectivity index (χ0) is 27.3. The lowest BCUT2D eigenvalue weighted by atomic mass is 9.99. The van der Waals surface area contributed by atoms with Crippen LogP contribution in [0.1, 0.15) is 74.0 Å². The van der Waals surface area contributed by atoms with Crippen molar-refractivity contribution in [3.63, 3.8) is 0 Å². The van der Waals surface area contributed by atoms with Gasteiger partial charge in [0, 0.05) is 43.6 Å². The monoisotopic (exact) mass is 524 g/mol. The number of unbranched alkanes of at least 4 members (excludes halogenated alkanes) is 3. The number of aliphatic hydroxyl groups is 1. The van der Waals surface area contributed by atoms with Crippen LogP contribution < -0.4 is 5.32 Å². The van der Waals surface area contributed by atoms with Gasteiger partial charge in [0.05, 0.1) is 18.8 Å². The molecule has 2 aromatic carbocycles. The quantitative estimate of drug-likeness (QED) is 0.217. The molecule has 3 N–H and O–H groups in total. The molecule has 2 aromatic rings. The molecule has 0 spiro atoms. The Morgan fingerprint density at radius 3 is 2.29 bits per heavy atom. The Hall–Kier alpha value is -3.04. The fourth-order valence-electron chi connectivity index (χ4n) is 4.54.